The van der Waals surface area contributed by atoms with Gasteiger partial charge in [-0.25, -0.2) is 13.2 Å². The first-order valence-corrected chi connectivity index (χ1v) is 9.71. The average molecular weight is 395 g/mol. The molecule has 2 fully saturated rings. The first-order valence-electron chi connectivity index (χ1n) is 6.66. The van der Waals surface area contributed by atoms with E-state index in [0.717, 1.165) is 37.3 Å². The molecule has 2 aliphatic rings. The molecule has 0 spiro atoms. The third kappa shape index (κ3) is 2.77. The van der Waals surface area contributed by atoms with Gasteiger partial charge in [0.1, 0.15) is 9.77 Å². The number of aromatic carboxylic acids is 1. The number of thiophene rings is 1. The van der Waals surface area contributed by atoms with Gasteiger partial charge in [-0.1, -0.05) is 0 Å². The molecule has 0 amide bonds. The number of nitrogens with zero attached hydrogens (tertiary/aromatic N) is 2. The highest BCUT2D eigenvalue weighted by atomic mass is 79.9. The number of hydrogen-bond acceptors (Lipinski definition) is 5. The molecule has 0 aliphatic carbocycles. The Kier molecular flexibility index (Phi) is 4.12. The molecule has 3 heterocycles. The van der Waals surface area contributed by atoms with Crippen LogP contribution in [-0.4, -0.2) is 60.9 Å². The summed E-state index contributed by atoms with van der Waals surface area (Å²) in [6.07, 6.45) is 2.14. The predicted octanol–water partition coefficient (Wildman–Crippen LogP) is 1.68. The number of piperazine rings is 1. The largest absolute Gasteiger partial charge is 0.477 e. The van der Waals surface area contributed by atoms with Crippen LogP contribution in [0.5, 0.6) is 0 Å². The summed E-state index contributed by atoms with van der Waals surface area (Å²) in [6.45, 7) is 2.75. The maximum atomic E-state index is 12.7. The number of halogens is 1. The molecule has 1 atom stereocenters. The smallest absolute Gasteiger partial charge is 0.345 e. The van der Waals surface area contributed by atoms with E-state index >= 15 is 0 Å². The molecule has 6 nitrogen and oxygen atoms in total. The number of fused-ring (bicyclic) bond motifs is 1. The van der Waals surface area contributed by atoms with Crippen molar-refractivity contribution in [2.45, 2.75) is 23.8 Å². The zero-order valence-electron chi connectivity index (χ0n) is 11.2. The number of hydrogen-bond donors (Lipinski definition) is 1. The lowest BCUT2D eigenvalue weighted by atomic mass is 10.2. The van der Waals surface area contributed by atoms with Crippen LogP contribution in [-0.2, 0) is 10.0 Å². The van der Waals surface area contributed by atoms with E-state index < -0.39 is 16.0 Å². The molecule has 1 N–H and O–H groups in total. The molecule has 1 aromatic heterocycles. The molecule has 116 valence electrons. The first-order chi connectivity index (χ1) is 9.89. The quantitative estimate of drug-likeness (QED) is 0.843. The van der Waals surface area contributed by atoms with Gasteiger partial charge in [0.2, 0.25) is 10.0 Å². The van der Waals surface area contributed by atoms with Crippen molar-refractivity contribution in [3.63, 3.8) is 0 Å². The maximum absolute atomic E-state index is 12.7. The van der Waals surface area contributed by atoms with E-state index in [1.165, 1.54) is 10.4 Å². The van der Waals surface area contributed by atoms with Gasteiger partial charge in [-0.2, -0.15) is 4.31 Å². The summed E-state index contributed by atoms with van der Waals surface area (Å²) >= 11 is 4.12. The van der Waals surface area contributed by atoms with Crippen LogP contribution in [0.1, 0.15) is 22.5 Å². The van der Waals surface area contributed by atoms with Gasteiger partial charge in [0, 0.05) is 25.7 Å². The molecule has 0 bridgehead atoms. The summed E-state index contributed by atoms with van der Waals surface area (Å²) < 4.78 is 27.3. The van der Waals surface area contributed by atoms with Crippen molar-refractivity contribution in [3.8, 4) is 0 Å². The van der Waals surface area contributed by atoms with E-state index in [9.17, 15) is 13.2 Å². The Hall–Kier alpha value is -0.480. The number of carbonyl (C=O) groups is 1. The van der Waals surface area contributed by atoms with Crippen LogP contribution < -0.4 is 0 Å². The van der Waals surface area contributed by atoms with Gasteiger partial charge in [-0.3, -0.25) is 4.90 Å². The molecule has 0 radical (unpaired) electrons. The summed E-state index contributed by atoms with van der Waals surface area (Å²) in [5.74, 6) is -1.11. The topological polar surface area (TPSA) is 77.9 Å². The van der Waals surface area contributed by atoms with Gasteiger partial charge in [-0.15, -0.1) is 11.3 Å². The number of rotatable bonds is 3. The second kappa shape index (κ2) is 5.62. The molecular formula is C12H15BrN2O4S2. The lowest BCUT2D eigenvalue weighted by Gasteiger charge is -2.36. The predicted molar refractivity (Wildman–Crippen MR) is 82.3 cm³/mol. The molecule has 9 heteroatoms. The highest BCUT2D eigenvalue weighted by Crippen LogP contribution is 2.35. The molecule has 2 aliphatic heterocycles. The standard InChI is InChI=1S/C12H15BrN2O4S2/c13-11-10(6-9(20-11)12(16)17)21(18,19)15-5-4-14-3-1-2-8(14)7-15/h6,8H,1-5,7H2,(H,16,17). The fraction of sp³-hybridized carbons (Fsp3) is 0.583. The van der Waals surface area contributed by atoms with Gasteiger partial charge < -0.3 is 5.11 Å². The van der Waals surface area contributed by atoms with Crippen LogP contribution in [0.4, 0.5) is 0 Å². The second-order valence-corrected chi connectivity index (χ2v) is 9.53. The molecule has 0 saturated carbocycles. The Morgan fingerprint density at radius 3 is 2.81 bits per heavy atom. The minimum absolute atomic E-state index is 0.0277. The summed E-state index contributed by atoms with van der Waals surface area (Å²) in [5.41, 5.74) is 0. The Bertz CT molecular complexity index is 673. The zero-order valence-corrected chi connectivity index (χ0v) is 14.4. The Morgan fingerprint density at radius 2 is 2.14 bits per heavy atom. The van der Waals surface area contributed by atoms with E-state index in [4.69, 9.17) is 5.11 Å². The van der Waals surface area contributed by atoms with E-state index in [0.29, 0.717) is 22.9 Å². The van der Waals surface area contributed by atoms with E-state index in [2.05, 4.69) is 20.8 Å². The Labute approximate surface area is 135 Å². The van der Waals surface area contributed by atoms with Gasteiger partial charge in [0.25, 0.3) is 0 Å². The van der Waals surface area contributed by atoms with Crippen molar-refractivity contribution in [1.82, 2.24) is 9.21 Å². The number of carboxylic acids is 1. The van der Waals surface area contributed by atoms with Crippen LogP contribution in [0.15, 0.2) is 14.7 Å². The van der Waals surface area contributed by atoms with Crippen molar-refractivity contribution in [1.29, 1.82) is 0 Å². The molecule has 0 aromatic carbocycles. The summed E-state index contributed by atoms with van der Waals surface area (Å²) in [7, 11) is -3.64. The SMILES string of the molecule is O=C(O)c1cc(S(=O)(=O)N2CCN3CCCC3C2)c(Br)s1. The second-order valence-electron chi connectivity index (χ2n) is 5.25. The minimum Gasteiger partial charge on any atom is -0.477 e. The summed E-state index contributed by atoms with van der Waals surface area (Å²) in [6, 6.07) is 1.54. The third-order valence-corrected chi connectivity index (χ3v) is 8.14. The van der Waals surface area contributed by atoms with Crippen molar-refractivity contribution in [3.05, 3.63) is 14.7 Å². The zero-order chi connectivity index (χ0) is 15.2. The molecule has 2 saturated heterocycles. The van der Waals surface area contributed by atoms with E-state index in [-0.39, 0.29) is 9.77 Å². The normalized spacial score (nSPS) is 24.1. The Balaban J connectivity index is 1.88. The van der Waals surface area contributed by atoms with Gasteiger partial charge >= 0.3 is 5.97 Å². The molecule has 1 unspecified atom stereocenters. The summed E-state index contributed by atoms with van der Waals surface area (Å²) in [5, 5.41) is 9.00. The van der Waals surface area contributed by atoms with Crippen LogP contribution in [0, 0.1) is 0 Å². The van der Waals surface area contributed by atoms with Crippen molar-refractivity contribution in [2.24, 2.45) is 0 Å². The highest BCUT2D eigenvalue weighted by Gasteiger charge is 2.37. The maximum Gasteiger partial charge on any atom is 0.345 e. The fourth-order valence-electron chi connectivity index (χ4n) is 2.95. The van der Waals surface area contributed by atoms with Crippen LogP contribution in [0.3, 0.4) is 0 Å². The van der Waals surface area contributed by atoms with Crippen LogP contribution >= 0.6 is 27.3 Å². The van der Waals surface area contributed by atoms with Crippen LogP contribution in [0.2, 0.25) is 0 Å². The fourth-order valence-corrected chi connectivity index (χ4v) is 6.77. The highest BCUT2D eigenvalue weighted by molar-refractivity contribution is 9.11. The number of carboxylic acid groups (broad SMARTS) is 1. The molecule has 3 rings (SSSR count). The monoisotopic (exact) mass is 394 g/mol. The minimum atomic E-state index is -3.64. The third-order valence-electron chi connectivity index (χ3n) is 4.03. The lowest BCUT2D eigenvalue weighted by Crippen LogP contribution is -2.51. The van der Waals surface area contributed by atoms with E-state index in [1.54, 1.807) is 0 Å². The molecular weight excluding hydrogens is 380 g/mol. The van der Waals surface area contributed by atoms with Crippen molar-refractivity contribution >= 4 is 43.3 Å². The average Bonchev–Trinajstić information content (AvgIpc) is 3.03. The number of sulfonamides is 1. The van der Waals surface area contributed by atoms with Crippen molar-refractivity contribution < 1.29 is 18.3 Å². The van der Waals surface area contributed by atoms with E-state index in [1.807, 2.05) is 0 Å². The van der Waals surface area contributed by atoms with Gasteiger partial charge in [-0.05, 0) is 41.4 Å². The van der Waals surface area contributed by atoms with Crippen LogP contribution in [0.25, 0.3) is 0 Å². The van der Waals surface area contributed by atoms with Gasteiger partial charge in [0.15, 0.2) is 0 Å². The summed E-state index contributed by atoms with van der Waals surface area (Å²) in [4.78, 5) is 13.4. The Morgan fingerprint density at radius 1 is 1.38 bits per heavy atom. The molecule has 1 aromatic rings. The first kappa shape index (κ1) is 15.4. The van der Waals surface area contributed by atoms with Gasteiger partial charge in [0.05, 0.1) is 3.79 Å². The molecule has 21 heavy (non-hydrogen) atoms. The van der Waals surface area contributed by atoms with Crippen molar-refractivity contribution in [2.75, 3.05) is 26.2 Å². The lowest BCUT2D eigenvalue weighted by molar-refractivity contribution is 0.0702.